The third-order valence-corrected chi connectivity index (χ3v) is 5.35. The maximum Gasteiger partial charge on any atom is 0.341 e. The molecule has 138 valence electrons. The Morgan fingerprint density at radius 2 is 2.00 bits per heavy atom. The van der Waals surface area contributed by atoms with Crippen molar-refractivity contribution in [2.45, 2.75) is 45.6 Å². The van der Waals surface area contributed by atoms with E-state index in [0.29, 0.717) is 10.6 Å². The molecule has 0 aliphatic heterocycles. The average Bonchev–Trinajstić information content (AvgIpc) is 2.94. The summed E-state index contributed by atoms with van der Waals surface area (Å²) in [5.41, 5.74) is 1.25. The summed E-state index contributed by atoms with van der Waals surface area (Å²) in [7, 11) is 1.48. The van der Waals surface area contributed by atoms with Crippen LogP contribution in [0, 0.1) is 0 Å². The first-order valence-corrected chi connectivity index (χ1v) is 9.39. The molecule has 0 saturated carbocycles. The van der Waals surface area contributed by atoms with E-state index < -0.39 is 11.9 Å². The fourth-order valence-corrected chi connectivity index (χ4v) is 4.21. The Kier molecular flexibility index (Phi) is 5.22. The highest BCUT2D eigenvalue weighted by Crippen LogP contribution is 2.38. The van der Waals surface area contributed by atoms with Gasteiger partial charge in [0.1, 0.15) is 10.7 Å². The molecule has 0 atom stereocenters. The van der Waals surface area contributed by atoms with Crippen LogP contribution in [0.15, 0.2) is 16.9 Å². The number of nitrogens with zero attached hydrogens (tertiary/aromatic N) is 2. The summed E-state index contributed by atoms with van der Waals surface area (Å²) in [6.45, 7) is 3.59. The topological polar surface area (TPSA) is 90.3 Å². The second-order valence-electron chi connectivity index (χ2n) is 6.50. The van der Waals surface area contributed by atoms with Crippen LogP contribution < -0.4 is 10.9 Å². The van der Waals surface area contributed by atoms with Crippen molar-refractivity contribution >= 4 is 28.2 Å². The van der Waals surface area contributed by atoms with Gasteiger partial charge in [-0.05, 0) is 51.2 Å². The second kappa shape index (κ2) is 7.41. The van der Waals surface area contributed by atoms with Gasteiger partial charge in [-0.1, -0.05) is 0 Å². The number of anilines is 1. The maximum absolute atomic E-state index is 12.6. The molecule has 0 fully saturated rings. The van der Waals surface area contributed by atoms with Crippen LogP contribution in [0.5, 0.6) is 0 Å². The molecular formula is C18H21N3O4S. The molecule has 2 aromatic heterocycles. The van der Waals surface area contributed by atoms with E-state index in [1.807, 2.05) is 0 Å². The van der Waals surface area contributed by atoms with Gasteiger partial charge < -0.3 is 10.1 Å². The Morgan fingerprint density at radius 3 is 2.69 bits per heavy atom. The Bertz CT molecular complexity index is 914. The molecule has 0 unspecified atom stereocenters. The number of thiophene rings is 1. The molecule has 3 rings (SSSR count). The number of carbonyl (C=O) groups is 2. The molecule has 1 N–H and O–H groups in total. The largest absolute Gasteiger partial charge is 0.459 e. The van der Waals surface area contributed by atoms with Gasteiger partial charge in [0.15, 0.2) is 0 Å². The minimum Gasteiger partial charge on any atom is -0.459 e. The predicted molar refractivity (Wildman–Crippen MR) is 98.9 cm³/mol. The Labute approximate surface area is 155 Å². The molecule has 26 heavy (non-hydrogen) atoms. The third kappa shape index (κ3) is 3.70. The van der Waals surface area contributed by atoms with Crippen molar-refractivity contribution in [3.8, 4) is 0 Å². The fraction of sp³-hybridized carbons (Fsp3) is 0.444. The highest BCUT2D eigenvalue weighted by Gasteiger charge is 2.28. The van der Waals surface area contributed by atoms with Crippen LogP contribution in [0.1, 0.15) is 58.0 Å². The lowest BCUT2D eigenvalue weighted by atomic mass is 9.95. The third-order valence-electron chi connectivity index (χ3n) is 4.14. The fourth-order valence-electron chi connectivity index (χ4n) is 2.93. The number of aryl methyl sites for hydroxylation is 2. The van der Waals surface area contributed by atoms with Gasteiger partial charge in [-0.2, -0.15) is 5.10 Å². The number of rotatable bonds is 4. The van der Waals surface area contributed by atoms with E-state index >= 15 is 0 Å². The number of ether oxygens (including phenoxy) is 1. The van der Waals surface area contributed by atoms with Crippen LogP contribution in [-0.4, -0.2) is 27.8 Å². The number of amides is 1. The quantitative estimate of drug-likeness (QED) is 0.830. The first kappa shape index (κ1) is 18.3. The van der Waals surface area contributed by atoms with Gasteiger partial charge in [0.2, 0.25) is 0 Å². The van der Waals surface area contributed by atoms with Gasteiger partial charge in [0.25, 0.3) is 11.5 Å². The van der Waals surface area contributed by atoms with E-state index in [1.165, 1.54) is 30.5 Å². The van der Waals surface area contributed by atoms with Gasteiger partial charge in [-0.3, -0.25) is 9.59 Å². The Hall–Kier alpha value is -2.48. The number of aromatic nitrogens is 2. The SMILES string of the molecule is CC(C)OC(=O)c1c(NC(=O)c2ccc(=O)n(C)n2)sc2c1CCCC2. The Morgan fingerprint density at radius 1 is 1.27 bits per heavy atom. The molecule has 7 nitrogen and oxygen atoms in total. The number of nitrogens with one attached hydrogen (secondary N) is 1. The van der Waals surface area contributed by atoms with E-state index in [4.69, 9.17) is 4.74 Å². The van der Waals surface area contributed by atoms with Gasteiger partial charge in [-0.15, -0.1) is 11.3 Å². The standard InChI is InChI=1S/C18H21N3O4S/c1-10(2)25-18(24)15-11-6-4-5-7-13(11)26-17(15)19-16(23)12-8-9-14(22)21(3)20-12/h8-10H,4-7H2,1-3H3,(H,19,23). The van der Waals surface area contributed by atoms with E-state index in [0.717, 1.165) is 40.8 Å². The predicted octanol–water partition coefficient (Wildman–Crippen LogP) is 2.54. The van der Waals surface area contributed by atoms with E-state index in [9.17, 15) is 14.4 Å². The molecule has 0 saturated heterocycles. The summed E-state index contributed by atoms with van der Waals surface area (Å²) in [4.78, 5) is 37.7. The summed E-state index contributed by atoms with van der Waals surface area (Å²) < 4.78 is 6.48. The summed E-state index contributed by atoms with van der Waals surface area (Å²) >= 11 is 1.42. The van der Waals surface area contributed by atoms with E-state index in [-0.39, 0.29) is 17.4 Å². The lowest BCUT2D eigenvalue weighted by Crippen LogP contribution is -2.24. The van der Waals surface area contributed by atoms with Crippen molar-refractivity contribution in [3.05, 3.63) is 44.2 Å². The molecule has 0 aromatic carbocycles. The number of hydrogen-bond acceptors (Lipinski definition) is 6. The van der Waals surface area contributed by atoms with Gasteiger partial charge >= 0.3 is 5.97 Å². The Balaban J connectivity index is 1.94. The summed E-state index contributed by atoms with van der Waals surface area (Å²) in [6.07, 6.45) is 3.55. The summed E-state index contributed by atoms with van der Waals surface area (Å²) in [6, 6.07) is 2.66. The molecule has 1 aliphatic carbocycles. The normalized spacial score (nSPS) is 13.4. The highest BCUT2D eigenvalue weighted by molar-refractivity contribution is 7.17. The summed E-state index contributed by atoms with van der Waals surface area (Å²) in [5, 5.41) is 7.23. The van der Waals surface area contributed by atoms with E-state index in [1.54, 1.807) is 13.8 Å². The van der Waals surface area contributed by atoms with Crippen LogP contribution in [0.25, 0.3) is 0 Å². The zero-order valence-electron chi connectivity index (χ0n) is 15.0. The zero-order valence-corrected chi connectivity index (χ0v) is 15.8. The van der Waals surface area contributed by atoms with Gasteiger partial charge in [0, 0.05) is 18.0 Å². The van der Waals surface area contributed by atoms with Crippen LogP contribution in [0.3, 0.4) is 0 Å². The molecule has 1 aliphatic rings. The van der Waals surface area contributed by atoms with Crippen molar-refractivity contribution in [2.24, 2.45) is 7.05 Å². The first-order chi connectivity index (χ1) is 12.4. The number of fused-ring (bicyclic) bond motifs is 1. The number of carbonyl (C=O) groups excluding carboxylic acids is 2. The van der Waals surface area contributed by atoms with Crippen LogP contribution in [-0.2, 0) is 24.6 Å². The van der Waals surface area contributed by atoms with Crippen molar-refractivity contribution in [1.29, 1.82) is 0 Å². The van der Waals surface area contributed by atoms with Crippen molar-refractivity contribution in [3.63, 3.8) is 0 Å². The summed E-state index contributed by atoms with van der Waals surface area (Å²) in [5.74, 6) is -0.874. The molecule has 0 spiro atoms. The molecule has 8 heteroatoms. The minimum absolute atomic E-state index is 0.113. The molecule has 0 bridgehead atoms. The monoisotopic (exact) mass is 375 g/mol. The van der Waals surface area contributed by atoms with Crippen molar-refractivity contribution in [1.82, 2.24) is 9.78 Å². The maximum atomic E-state index is 12.6. The van der Waals surface area contributed by atoms with Crippen molar-refractivity contribution in [2.75, 3.05) is 5.32 Å². The second-order valence-corrected chi connectivity index (χ2v) is 7.61. The van der Waals surface area contributed by atoms with Crippen LogP contribution in [0.2, 0.25) is 0 Å². The van der Waals surface area contributed by atoms with Crippen LogP contribution >= 0.6 is 11.3 Å². The number of hydrogen-bond donors (Lipinski definition) is 1. The molecule has 2 aromatic rings. The van der Waals surface area contributed by atoms with Crippen molar-refractivity contribution < 1.29 is 14.3 Å². The lowest BCUT2D eigenvalue weighted by molar-refractivity contribution is 0.0378. The smallest absolute Gasteiger partial charge is 0.341 e. The van der Waals surface area contributed by atoms with Crippen LogP contribution in [0.4, 0.5) is 5.00 Å². The molecule has 2 heterocycles. The molecule has 0 radical (unpaired) electrons. The average molecular weight is 375 g/mol. The first-order valence-electron chi connectivity index (χ1n) is 8.58. The molecular weight excluding hydrogens is 354 g/mol. The number of esters is 1. The molecule has 1 amide bonds. The van der Waals surface area contributed by atoms with E-state index in [2.05, 4.69) is 10.4 Å². The van der Waals surface area contributed by atoms with Gasteiger partial charge in [0.05, 0.1) is 11.7 Å². The highest BCUT2D eigenvalue weighted by atomic mass is 32.1. The van der Waals surface area contributed by atoms with Gasteiger partial charge in [-0.25, -0.2) is 9.48 Å². The lowest BCUT2D eigenvalue weighted by Gasteiger charge is -2.14. The zero-order chi connectivity index (χ0) is 18.8. The minimum atomic E-state index is -0.460.